The summed E-state index contributed by atoms with van der Waals surface area (Å²) in [6, 6.07) is 0.475. The largest absolute Gasteiger partial charge is 0.501 e. The zero-order chi connectivity index (χ0) is 23.9. The van der Waals surface area contributed by atoms with E-state index in [1.165, 1.54) is 19.3 Å². The van der Waals surface area contributed by atoms with E-state index < -0.39 is 47.0 Å². The number of amidine groups is 1. The third-order valence-corrected chi connectivity index (χ3v) is 4.83. The Hall–Kier alpha value is -3.90. The normalized spacial score (nSPS) is 17.7. The van der Waals surface area contributed by atoms with E-state index in [1.54, 1.807) is 0 Å². The second-order valence-electron chi connectivity index (χ2n) is 6.87. The lowest BCUT2D eigenvalue weighted by atomic mass is 10.0. The molecule has 7 nitrogen and oxygen atoms in total. The van der Waals surface area contributed by atoms with Crippen molar-refractivity contribution in [1.82, 2.24) is 9.97 Å². The molecular formula is C20H13F6N5O2. The van der Waals surface area contributed by atoms with Gasteiger partial charge >= 0.3 is 6.18 Å². The van der Waals surface area contributed by atoms with Crippen LogP contribution in [-0.4, -0.2) is 41.0 Å². The molecule has 1 amide bonds. The molecule has 1 aromatic carbocycles. The highest BCUT2D eigenvalue weighted by molar-refractivity contribution is 6.06. The molecule has 0 saturated heterocycles. The van der Waals surface area contributed by atoms with Crippen molar-refractivity contribution in [3.63, 3.8) is 0 Å². The van der Waals surface area contributed by atoms with E-state index in [0.717, 1.165) is 23.4 Å². The van der Waals surface area contributed by atoms with E-state index in [2.05, 4.69) is 20.3 Å². The number of methoxy groups -OCH3 is 1. The van der Waals surface area contributed by atoms with Crippen LogP contribution in [0.15, 0.2) is 53.1 Å². The molecule has 4 rings (SSSR count). The number of aliphatic imine (C=N–C) groups is 1. The molecule has 2 heterocycles. The average molecular weight is 469 g/mol. The van der Waals surface area contributed by atoms with Gasteiger partial charge in [0.15, 0.2) is 29.1 Å². The molecule has 1 aliphatic carbocycles. The van der Waals surface area contributed by atoms with Gasteiger partial charge in [0, 0.05) is 6.42 Å². The summed E-state index contributed by atoms with van der Waals surface area (Å²) in [4.78, 5) is 24.4. The lowest BCUT2D eigenvalue weighted by molar-refractivity contribution is -0.0596. The molecule has 0 saturated carbocycles. The average Bonchev–Trinajstić information content (AvgIpc) is 3.17. The van der Waals surface area contributed by atoms with Crippen LogP contribution in [0, 0.1) is 17.5 Å². The maximum atomic E-state index is 13.8. The summed E-state index contributed by atoms with van der Waals surface area (Å²) in [7, 11) is 1.40. The minimum atomic E-state index is -4.79. The maximum absolute atomic E-state index is 13.8. The number of amides is 1. The Morgan fingerprint density at radius 3 is 2.52 bits per heavy atom. The Morgan fingerprint density at radius 1 is 1.12 bits per heavy atom. The van der Waals surface area contributed by atoms with E-state index in [-0.39, 0.29) is 23.8 Å². The van der Waals surface area contributed by atoms with Crippen molar-refractivity contribution in [1.29, 1.82) is 0 Å². The highest BCUT2D eigenvalue weighted by atomic mass is 19.4. The fourth-order valence-corrected chi connectivity index (χ4v) is 3.29. The number of allylic oxidation sites excluding steroid dienone is 2. The van der Waals surface area contributed by atoms with Gasteiger partial charge in [-0.25, -0.2) is 23.1 Å². The topological polar surface area (TPSA) is 79.7 Å². The van der Waals surface area contributed by atoms with Crippen LogP contribution in [0.4, 0.5) is 38.0 Å². The van der Waals surface area contributed by atoms with Crippen molar-refractivity contribution in [2.45, 2.75) is 18.6 Å². The van der Waals surface area contributed by atoms with Crippen molar-refractivity contribution in [2.24, 2.45) is 4.99 Å². The third kappa shape index (κ3) is 4.13. The molecule has 13 heteroatoms. The van der Waals surface area contributed by atoms with Gasteiger partial charge in [0.05, 0.1) is 42.6 Å². The maximum Gasteiger partial charge on any atom is 0.449 e. The van der Waals surface area contributed by atoms with Gasteiger partial charge in [-0.1, -0.05) is 0 Å². The number of rotatable bonds is 4. The van der Waals surface area contributed by atoms with Crippen molar-refractivity contribution < 1.29 is 35.9 Å². The van der Waals surface area contributed by atoms with E-state index in [9.17, 15) is 31.1 Å². The first-order valence-electron chi connectivity index (χ1n) is 9.27. The van der Waals surface area contributed by atoms with E-state index >= 15 is 0 Å². The Kier molecular flexibility index (Phi) is 5.56. The Morgan fingerprint density at radius 2 is 1.88 bits per heavy atom. The zero-order valence-electron chi connectivity index (χ0n) is 16.6. The van der Waals surface area contributed by atoms with Gasteiger partial charge in [0.1, 0.15) is 0 Å². The minimum absolute atomic E-state index is 0.125. The first-order chi connectivity index (χ1) is 15.6. The molecule has 0 bridgehead atoms. The number of nitrogens with one attached hydrogen (secondary N) is 1. The number of halogens is 6. The van der Waals surface area contributed by atoms with Crippen molar-refractivity contribution in [2.75, 3.05) is 17.3 Å². The number of alkyl halides is 3. The van der Waals surface area contributed by atoms with Gasteiger partial charge in [-0.05, 0) is 24.3 Å². The van der Waals surface area contributed by atoms with Crippen LogP contribution in [0.1, 0.15) is 16.8 Å². The lowest BCUT2D eigenvalue weighted by Gasteiger charge is -2.25. The molecule has 1 aliphatic heterocycles. The SMILES string of the molecule is COC1=CC=C2C(C1)N=C(C(F)(F)F)N2c1cnc(NC(=O)c2ccc(F)c(F)c2F)cn1. The Bertz CT molecular complexity index is 1210. The number of anilines is 2. The van der Waals surface area contributed by atoms with E-state index in [0.29, 0.717) is 11.8 Å². The predicted octanol–water partition coefficient (Wildman–Crippen LogP) is 4.11. The van der Waals surface area contributed by atoms with Gasteiger partial charge in [0.2, 0.25) is 5.84 Å². The number of carbonyl (C=O) groups excluding carboxylic acids is 1. The van der Waals surface area contributed by atoms with Crippen LogP contribution in [0.25, 0.3) is 0 Å². The van der Waals surface area contributed by atoms with Gasteiger partial charge in [-0.2, -0.15) is 13.2 Å². The Balaban J connectivity index is 1.60. The molecule has 0 radical (unpaired) electrons. The summed E-state index contributed by atoms with van der Waals surface area (Å²) in [5.41, 5.74) is -0.584. The molecule has 0 fully saturated rings. The van der Waals surface area contributed by atoms with Crippen LogP contribution in [0.3, 0.4) is 0 Å². The molecule has 0 spiro atoms. The number of hydrogen-bond acceptors (Lipinski definition) is 6. The van der Waals surface area contributed by atoms with Crippen LogP contribution >= 0.6 is 0 Å². The second-order valence-corrected chi connectivity index (χ2v) is 6.87. The number of hydrogen-bond donors (Lipinski definition) is 1. The summed E-state index contributed by atoms with van der Waals surface area (Å²) < 4.78 is 86.1. The predicted molar refractivity (Wildman–Crippen MR) is 104 cm³/mol. The monoisotopic (exact) mass is 469 g/mol. The summed E-state index contributed by atoms with van der Waals surface area (Å²) in [6.45, 7) is 0. The molecule has 1 atom stereocenters. The van der Waals surface area contributed by atoms with Gasteiger partial charge in [0.25, 0.3) is 5.91 Å². The summed E-state index contributed by atoms with van der Waals surface area (Å²) in [5, 5.41) is 2.12. The summed E-state index contributed by atoms with van der Waals surface area (Å²) in [6.07, 6.45) is 0.178. The number of ether oxygens (including phenoxy) is 1. The van der Waals surface area contributed by atoms with Crippen LogP contribution < -0.4 is 10.2 Å². The molecule has 172 valence electrons. The van der Waals surface area contributed by atoms with Crippen LogP contribution in [-0.2, 0) is 4.74 Å². The van der Waals surface area contributed by atoms with Gasteiger partial charge in [-0.15, -0.1) is 0 Å². The quantitative estimate of drug-likeness (QED) is 0.539. The van der Waals surface area contributed by atoms with Crippen LogP contribution in [0.5, 0.6) is 0 Å². The summed E-state index contributed by atoms with van der Waals surface area (Å²) in [5.74, 6) is -7.36. The zero-order valence-corrected chi connectivity index (χ0v) is 16.6. The van der Waals surface area contributed by atoms with Gasteiger partial charge in [-0.3, -0.25) is 14.7 Å². The minimum Gasteiger partial charge on any atom is -0.501 e. The van der Waals surface area contributed by atoms with Gasteiger partial charge < -0.3 is 10.1 Å². The number of fused-ring (bicyclic) bond motifs is 1. The van der Waals surface area contributed by atoms with Crippen molar-refractivity contribution >= 4 is 23.4 Å². The third-order valence-electron chi connectivity index (χ3n) is 4.83. The molecule has 1 N–H and O–H groups in total. The Labute approximate surface area is 182 Å². The lowest BCUT2D eigenvalue weighted by Crippen LogP contribution is -2.38. The molecule has 1 unspecified atom stereocenters. The first kappa shape index (κ1) is 22.3. The molecular weight excluding hydrogens is 456 g/mol. The highest BCUT2D eigenvalue weighted by Gasteiger charge is 2.48. The first-order valence-corrected chi connectivity index (χ1v) is 9.27. The molecule has 2 aromatic rings. The number of benzene rings is 1. The fourth-order valence-electron chi connectivity index (χ4n) is 3.29. The molecule has 1 aromatic heterocycles. The van der Waals surface area contributed by atoms with E-state index in [1.807, 2.05) is 0 Å². The van der Waals surface area contributed by atoms with Crippen molar-refractivity contribution in [3.8, 4) is 0 Å². The second kappa shape index (κ2) is 8.22. The summed E-state index contributed by atoms with van der Waals surface area (Å²) >= 11 is 0. The van der Waals surface area contributed by atoms with Crippen LogP contribution in [0.2, 0.25) is 0 Å². The molecule has 33 heavy (non-hydrogen) atoms. The smallest absolute Gasteiger partial charge is 0.449 e. The standard InChI is InChI=1S/C20H13F6N5O2/c1-33-9-2-5-13-12(6-9)29-19(20(24,25)26)31(13)15-8-27-14(7-28-15)30-18(32)10-3-4-11(21)17(23)16(10)22/h2-5,7-8,12H,6H2,1H3,(H,27,30,32). The highest BCUT2D eigenvalue weighted by Crippen LogP contribution is 2.38. The number of aromatic nitrogens is 2. The number of carbonyl (C=O) groups is 1. The number of nitrogens with zero attached hydrogens (tertiary/aromatic N) is 4. The van der Waals surface area contributed by atoms with Crippen molar-refractivity contribution in [3.05, 3.63) is 71.1 Å². The molecule has 2 aliphatic rings. The fraction of sp³-hybridized carbons (Fsp3) is 0.200. The van der Waals surface area contributed by atoms with E-state index in [4.69, 9.17) is 4.74 Å².